The number of nitrogens with two attached hydrogens (primary N) is 1. The number of aliphatic hydroxyl groups is 1. The summed E-state index contributed by atoms with van der Waals surface area (Å²) in [6, 6.07) is 8.70. The molecule has 492 valence electrons. The number of nitrogens with one attached hydrogen (secondary N) is 2. The van der Waals surface area contributed by atoms with Crippen LogP contribution in [0.1, 0.15) is 146 Å². The maximum Gasteiger partial charge on any atom is 0.333 e. The molecule has 3 saturated heterocycles. The summed E-state index contributed by atoms with van der Waals surface area (Å²) in [5.41, 5.74) is 6.22. The van der Waals surface area contributed by atoms with Crippen molar-refractivity contribution in [3.8, 4) is 0 Å². The number of ketones is 2. The number of ether oxygens (including phenoxy) is 4. The first-order valence-electron chi connectivity index (χ1n) is 30.8. The van der Waals surface area contributed by atoms with Crippen LogP contribution in [0.3, 0.4) is 0 Å². The zero-order valence-corrected chi connectivity index (χ0v) is 54.1. The van der Waals surface area contributed by atoms with Crippen LogP contribution in [0.2, 0.25) is 5.02 Å². The lowest BCUT2D eigenvalue weighted by Crippen LogP contribution is -2.53. The first-order chi connectivity index (χ1) is 42.9. The zero-order valence-electron chi connectivity index (χ0n) is 53.3. The monoisotopic (exact) mass is 1280 g/mol. The van der Waals surface area contributed by atoms with Crippen molar-refractivity contribution in [1.29, 1.82) is 0 Å². The Morgan fingerprint density at radius 3 is 2.34 bits per heavy atom. The summed E-state index contributed by atoms with van der Waals surface area (Å²) in [5.74, 6) is -7.39. The second-order valence-corrected chi connectivity index (χ2v) is 25.3. The Morgan fingerprint density at radius 2 is 1.66 bits per heavy atom. The maximum absolute atomic E-state index is 14.5. The van der Waals surface area contributed by atoms with E-state index in [4.69, 9.17) is 46.1 Å². The number of hydroxylamine groups is 2. The molecule has 4 aliphatic rings. The number of methoxy groups -OCH3 is 1. The van der Waals surface area contributed by atoms with Gasteiger partial charge in [-0.25, -0.2) is 14.4 Å². The molecule has 0 saturated carbocycles. The molecule has 0 unspecified atom stereocenters. The lowest BCUT2D eigenvalue weighted by atomic mass is 9.78. The van der Waals surface area contributed by atoms with Crippen molar-refractivity contribution in [2.75, 3.05) is 32.6 Å². The number of primary amides is 1. The molecule has 1 aromatic heterocycles. The van der Waals surface area contributed by atoms with E-state index in [0.29, 0.717) is 38.8 Å². The topological polar surface area (TPSA) is 330 Å². The number of carbonyl (C=O) groups excluding carboxylic acids is 11. The number of rotatable bonds is 23. The highest BCUT2D eigenvalue weighted by atomic mass is 35.5. The van der Waals surface area contributed by atoms with Crippen molar-refractivity contribution < 1.29 is 81.6 Å². The number of unbranched alkanes of at least 4 members (excludes halogenated alkanes) is 1. The maximum atomic E-state index is 14.5. The molecule has 4 bridgehead atoms. The molecule has 3 aromatic rings. The van der Waals surface area contributed by atoms with E-state index < -0.39 is 119 Å². The number of nitrogens with zero attached hydrogens (tertiary/aromatic N) is 4. The van der Waals surface area contributed by atoms with Gasteiger partial charge < -0.3 is 55.1 Å². The van der Waals surface area contributed by atoms with Gasteiger partial charge in [-0.2, -0.15) is 0 Å². The number of urea groups is 1. The number of fused-ring (bicyclic) bond motifs is 6. The molecule has 0 spiro atoms. The predicted molar refractivity (Wildman–Crippen MR) is 332 cm³/mol. The number of Topliss-reactive ketones (excluding diaryl/α,β-unsaturated/α-hetero) is 2. The van der Waals surface area contributed by atoms with E-state index in [1.165, 1.54) is 36.9 Å². The summed E-state index contributed by atoms with van der Waals surface area (Å²) in [7, 11) is 4.47. The highest BCUT2D eigenvalue weighted by molar-refractivity contribution is 6.34. The van der Waals surface area contributed by atoms with Gasteiger partial charge in [-0.05, 0) is 107 Å². The molecule has 7 amide bonds. The Hall–Kier alpha value is -7.93. The van der Waals surface area contributed by atoms with Crippen LogP contribution in [0.15, 0.2) is 66.3 Å². The Balaban J connectivity index is 1.02. The number of aryl methyl sites for hydroxylation is 1. The Morgan fingerprint density at radius 1 is 0.956 bits per heavy atom. The SMILES string of the molecule is CO[C@@H]1/C=C/C=C(\C)Cc2cc(C)c(Cl)c(c2)N(C)C(=O)C[C@H](OC(=O)[C@H](C)N(C)C(=O)c2ccc3nc(CC(=O)[C@H](CCCNC(N)=O)NC(=O)[C@@H](CC(=O)CCCCC(=O)ON4C(=O)CCC4=O)C(C)C)ccc3c2)[C@]2(C)O[C@H]2[C@H](C)[C@@H]2C[C@@]1(O)CC(=O)O2. The summed E-state index contributed by atoms with van der Waals surface area (Å²) in [6.07, 6.45) is 1.74. The summed E-state index contributed by atoms with van der Waals surface area (Å²) < 4.78 is 24.2. The predicted octanol–water partition coefficient (Wildman–Crippen LogP) is 6.37. The average Bonchev–Trinajstić information content (AvgIpc) is 1.58. The lowest BCUT2D eigenvalue weighted by molar-refractivity contribution is -0.197. The number of amides is 7. The molecular formula is C66H84ClN7O17. The van der Waals surface area contributed by atoms with Crippen LogP contribution in [0.5, 0.6) is 0 Å². The van der Waals surface area contributed by atoms with E-state index in [2.05, 4.69) is 10.6 Å². The molecule has 10 atom stereocenters. The number of carbonyl (C=O) groups is 11. The fraction of sp³-hybridized carbons (Fsp3) is 0.545. The Kier molecular flexibility index (Phi) is 23.6. The third kappa shape index (κ3) is 17.8. The van der Waals surface area contributed by atoms with Crippen LogP contribution in [0.25, 0.3) is 10.9 Å². The molecule has 3 fully saturated rings. The van der Waals surface area contributed by atoms with Gasteiger partial charge in [0.2, 0.25) is 11.8 Å². The smallest absolute Gasteiger partial charge is 0.333 e. The van der Waals surface area contributed by atoms with E-state index in [-0.39, 0.29) is 107 Å². The number of allylic oxidation sites excluding steroid dienone is 3. The van der Waals surface area contributed by atoms with Gasteiger partial charge in [0, 0.05) is 94.8 Å². The van der Waals surface area contributed by atoms with Crippen LogP contribution in [0, 0.1) is 24.7 Å². The summed E-state index contributed by atoms with van der Waals surface area (Å²) >= 11 is 6.88. The highest BCUT2D eigenvalue weighted by Crippen LogP contribution is 2.50. The minimum Gasteiger partial charge on any atom is -0.462 e. The van der Waals surface area contributed by atoms with Crippen molar-refractivity contribution in [2.24, 2.45) is 23.5 Å². The largest absolute Gasteiger partial charge is 0.462 e. The van der Waals surface area contributed by atoms with Gasteiger partial charge in [0.05, 0.1) is 47.6 Å². The molecule has 5 heterocycles. The Labute approximate surface area is 534 Å². The van der Waals surface area contributed by atoms with Gasteiger partial charge >= 0.3 is 23.9 Å². The fourth-order valence-electron chi connectivity index (χ4n) is 11.9. The number of pyridine rings is 1. The number of hydrogen-bond acceptors (Lipinski definition) is 18. The quantitative estimate of drug-likeness (QED) is 0.0347. The van der Waals surface area contributed by atoms with Crippen molar-refractivity contribution in [3.63, 3.8) is 0 Å². The molecule has 2 aromatic carbocycles. The molecule has 0 radical (unpaired) electrons. The van der Waals surface area contributed by atoms with E-state index >= 15 is 0 Å². The molecule has 0 aliphatic carbocycles. The van der Waals surface area contributed by atoms with Crippen LogP contribution in [0.4, 0.5) is 10.5 Å². The van der Waals surface area contributed by atoms with Crippen LogP contribution in [-0.4, -0.2) is 161 Å². The number of halogens is 1. The summed E-state index contributed by atoms with van der Waals surface area (Å²) in [5, 5.41) is 18.7. The molecule has 91 heavy (non-hydrogen) atoms. The number of epoxide rings is 1. The van der Waals surface area contributed by atoms with E-state index in [1.54, 1.807) is 71.2 Å². The van der Waals surface area contributed by atoms with Gasteiger partial charge in [-0.3, -0.25) is 43.3 Å². The number of anilines is 1. The van der Waals surface area contributed by atoms with Crippen LogP contribution in [-0.2, 0) is 79.8 Å². The van der Waals surface area contributed by atoms with Crippen LogP contribution >= 0.6 is 11.6 Å². The third-order valence-corrected chi connectivity index (χ3v) is 18.1. The third-order valence-electron chi connectivity index (χ3n) is 17.6. The molecular weight excluding hydrogens is 1200 g/mol. The van der Waals surface area contributed by atoms with E-state index in [1.807, 2.05) is 32.1 Å². The van der Waals surface area contributed by atoms with Gasteiger partial charge in [-0.1, -0.05) is 68.3 Å². The van der Waals surface area contributed by atoms with Gasteiger partial charge in [-0.15, -0.1) is 5.06 Å². The average molecular weight is 1280 g/mol. The van der Waals surface area contributed by atoms with Crippen LogP contribution < -0.4 is 21.3 Å². The zero-order chi connectivity index (χ0) is 66.8. The molecule has 24 nitrogen and oxygen atoms in total. The van der Waals surface area contributed by atoms with Gasteiger partial charge in [0.15, 0.2) is 5.78 Å². The standard InChI is InChI=1S/C66H84ClN7O17/c1-36(2)46(32-45(75)16-11-12-19-57(80)91-74-54(77)24-25-55(74)78)61(82)71-48(17-14-26-69-64(68)85)50(76)31-44-22-20-42-30-43(21-23-47(42)70-44)62(83)72(8)40(6)63(84)89-53-33-56(79)73(9)49-29-41(28-38(4)59(49)67)27-37(3)15-13-18-52(87-10)66(86)34-51(88-58(81)35-66)39(5)60-65(53,7)90-60/h13,15,18,20-23,28-30,36,39-40,46,48,51-53,60,86H,11-12,14,16-17,19,24-27,31-35H2,1-10H3,(H,71,82)(H3,68,69,85)/b18-13+,37-15+/t39-,40+,46+,48+,51+,52-,53+,60+,65+,66-/m1/s1. The van der Waals surface area contributed by atoms with E-state index in [0.717, 1.165) is 16.7 Å². The lowest BCUT2D eigenvalue weighted by Gasteiger charge is -2.41. The summed E-state index contributed by atoms with van der Waals surface area (Å²) in [4.78, 5) is 157. The van der Waals surface area contributed by atoms with Crippen molar-refractivity contribution >= 4 is 93.2 Å². The molecule has 5 N–H and O–H groups in total. The normalized spacial score (nSPS) is 24.7. The van der Waals surface area contributed by atoms with Gasteiger partial charge in [0.25, 0.3) is 17.7 Å². The van der Waals surface area contributed by atoms with Crippen molar-refractivity contribution in [3.05, 3.63) is 93.7 Å². The number of likely N-dealkylation sites (N-methyl/N-ethyl adjacent to an activating group) is 1. The second kappa shape index (κ2) is 30.5. The molecule has 4 aliphatic heterocycles. The van der Waals surface area contributed by atoms with Crippen molar-refractivity contribution in [1.82, 2.24) is 25.6 Å². The second-order valence-electron chi connectivity index (χ2n) is 24.9. The fourth-order valence-corrected chi connectivity index (χ4v) is 12.1. The minimum atomic E-state index is -1.65. The number of aromatic nitrogens is 1. The molecule has 7 rings (SSSR count). The Bertz CT molecular complexity index is 3370. The van der Waals surface area contributed by atoms with Gasteiger partial charge in [0.1, 0.15) is 41.3 Å². The number of imide groups is 1. The highest BCUT2D eigenvalue weighted by Gasteiger charge is 2.64. The first kappa shape index (κ1) is 70.5. The van der Waals surface area contributed by atoms with Crippen molar-refractivity contribution in [2.45, 2.75) is 186 Å². The minimum absolute atomic E-state index is 0.00578. The molecule has 25 heteroatoms. The first-order valence-corrected chi connectivity index (χ1v) is 31.1. The summed E-state index contributed by atoms with van der Waals surface area (Å²) in [6.45, 7) is 12.4. The number of hydrogen-bond donors (Lipinski definition) is 4. The number of esters is 2. The van der Waals surface area contributed by atoms with E-state index in [9.17, 15) is 57.8 Å². The number of benzene rings is 2.